The summed E-state index contributed by atoms with van der Waals surface area (Å²) < 4.78 is 53.6. The fourth-order valence-electron chi connectivity index (χ4n) is 4.03. The third kappa shape index (κ3) is 5.31. The SMILES string of the molecule is CC(=O)N1CCCC(F)(F)C1.CNc1nc(N)nn2ccc(-c3ccc4ncn(CC(F)F)c4n3)c12. The lowest BCUT2D eigenvalue weighted by Crippen LogP contribution is -2.44. The van der Waals surface area contributed by atoms with Gasteiger partial charge in [-0.05, 0) is 24.6 Å². The lowest BCUT2D eigenvalue weighted by molar-refractivity contribution is -0.139. The van der Waals surface area contributed by atoms with Crippen LogP contribution in [0.2, 0.25) is 0 Å². The van der Waals surface area contributed by atoms with Crippen LogP contribution in [0.25, 0.3) is 27.9 Å². The highest BCUT2D eigenvalue weighted by Gasteiger charge is 2.35. The van der Waals surface area contributed by atoms with Crippen molar-refractivity contribution < 1.29 is 22.4 Å². The molecule has 36 heavy (non-hydrogen) atoms. The molecule has 3 N–H and O–H groups in total. The molecule has 0 aliphatic carbocycles. The van der Waals surface area contributed by atoms with Crippen molar-refractivity contribution in [3.05, 3.63) is 30.7 Å². The van der Waals surface area contributed by atoms with Crippen molar-refractivity contribution in [1.29, 1.82) is 0 Å². The second-order valence-corrected chi connectivity index (χ2v) is 8.32. The summed E-state index contributed by atoms with van der Waals surface area (Å²) in [6.45, 7) is 0.944. The summed E-state index contributed by atoms with van der Waals surface area (Å²) in [7, 11) is 1.73. The molecule has 4 aromatic rings. The van der Waals surface area contributed by atoms with E-state index in [9.17, 15) is 22.4 Å². The highest BCUT2D eigenvalue weighted by molar-refractivity contribution is 5.89. The number of imidazole rings is 1. The van der Waals surface area contributed by atoms with Gasteiger partial charge in [-0.3, -0.25) is 4.79 Å². The van der Waals surface area contributed by atoms with Crippen LogP contribution in [0.5, 0.6) is 0 Å². The molecule has 1 aliphatic rings. The second-order valence-electron chi connectivity index (χ2n) is 8.32. The van der Waals surface area contributed by atoms with Crippen LogP contribution in [0.4, 0.5) is 29.3 Å². The Bertz CT molecular complexity index is 1380. The van der Waals surface area contributed by atoms with Crippen molar-refractivity contribution in [1.82, 2.24) is 34.0 Å². The minimum atomic E-state index is -2.66. The molecule has 5 heterocycles. The zero-order valence-electron chi connectivity index (χ0n) is 19.6. The largest absolute Gasteiger partial charge is 0.371 e. The number of piperidine rings is 1. The number of nitrogens with one attached hydrogen (secondary N) is 1. The Morgan fingerprint density at radius 2 is 2.03 bits per heavy atom. The molecule has 0 unspecified atom stereocenters. The molecule has 0 aromatic carbocycles. The maximum Gasteiger partial charge on any atom is 0.265 e. The Hall–Kier alpha value is -3.97. The lowest BCUT2D eigenvalue weighted by atomic mass is 10.1. The first-order valence-electron chi connectivity index (χ1n) is 11.1. The van der Waals surface area contributed by atoms with E-state index < -0.39 is 25.4 Å². The van der Waals surface area contributed by atoms with E-state index in [0.717, 1.165) is 5.56 Å². The molecular weight excluding hydrogens is 482 g/mol. The van der Waals surface area contributed by atoms with Crippen LogP contribution in [0.1, 0.15) is 19.8 Å². The van der Waals surface area contributed by atoms with Crippen LogP contribution in [0, 0.1) is 0 Å². The molecule has 14 heteroatoms. The number of amides is 1. The van der Waals surface area contributed by atoms with Crippen LogP contribution in [-0.4, -0.2) is 72.4 Å². The van der Waals surface area contributed by atoms with E-state index in [0.29, 0.717) is 41.2 Å². The first-order valence-corrected chi connectivity index (χ1v) is 11.1. The van der Waals surface area contributed by atoms with Crippen molar-refractivity contribution in [3.8, 4) is 11.3 Å². The molecule has 0 spiro atoms. The summed E-state index contributed by atoms with van der Waals surface area (Å²) in [5, 5.41) is 7.12. The van der Waals surface area contributed by atoms with Gasteiger partial charge in [-0.2, -0.15) is 4.98 Å². The van der Waals surface area contributed by atoms with Gasteiger partial charge in [0.25, 0.3) is 12.3 Å². The number of hydrogen-bond acceptors (Lipinski definition) is 7. The Morgan fingerprint density at radius 3 is 2.67 bits per heavy atom. The summed E-state index contributed by atoms with van der Waals surface area (Å²) in [6.07, 6.45) is 0.953. The molecule has 10 nitrogen and oxygen atoms in total. The molecule has 0 saturated carbocycles. The molecule has 4 aromatic heterocycles. The molecule has 5 rings (SSSR count). The first-order chi connectivity index (χ1) is 17.1. The number of halogens is 4. The fraction of sp³-hybridized carbons (Fsp3) is 0.409. The number of nitrogen functional groups attached to an aromatic ring is 1. The number of nitrogens with two attached hydrogens (primary N) is 1. The number of rotatable bonds is 4. The number of anilines is 2. The molecule has 192 valence electrons. The van der Waals surface area contributed by atoms with Gasteiger partial charge in [0, 0.05) is 38.7 Å². The standard InChI is InChI=1S/C15H14F2N8.C7H11F2NO/c1-19-13-12-8(4-5-25(12)23-15(18)22-13)9-2-3-10-14(21-9)24(7-20-10)6-11(16)17;1-6(11)10-4-2-3-7(8,9)5-10/h2-5,7,11H,6H2,1H3,(H3,18,19,22,23);2-5H2,1H3. The molecule has 0 radical (unpaired) electrons. The summed E-state index contributed by atoms with van der Waals surface area (Å²) in [5.74, 6) is -2.23. The Kier molecular flexibility index (Phi) is 6.95. The zero-order valence-corrected chi connectivity index (χ0v) is 19.6. The van der Waals surface area contributed by atoms with E-state index >= 15 is 0 Å². The van der Waals surface area contributed by atoms with Gasteiger partial charge < -0.3 is 20.5 Å². The van der Waals surface area contributed by atoms with E-state index in [1.165, 1.54) is 22.7 Å². The summed E-state index contributed by atoms with van der Waals surface area (Å²) in [5.41, 5.74) is 8.72. The van der Waals surface area contributed by atoms with Gasteiger partial charge in [0.2, 0.25) is 11.9 Å². The van der Waals surface area contributed by atoms with Crippen molar-refractivity contribution in [3.63, 3.8) is 0 Å². The van der Waals surface area contributed by atoms with Crippen LogP contribution >= 0.6 is 0 Å². The average Bonchev–Trinajstić information content (AvgIpc) is 3.41. The Balaban J connectivity index is 0.000000233. The minimum absolute atomic E-state index is 0.0865. The van der Waals surface area contributed by atoms with Crippen molar-refractivity contribution in [2.75, 3.05) is 31.2 Å². The Labute approximate surface area is 203 Å². The van der Waals surface area contributed by atoms with E-state index in [1.807, 2.05) is 6.07 Å². The van der Waals surface area contributed by atoms with E-state index in [-0.39, 0.29) is 18.3 Å². The number of fused-ring (bicyclic) bond motifs is 2. The van der Waals surface area contributed by atoms with Gasteiger partial charge in [-0.25, -0.2) is 32.0 Å². The number of aromatic nitrogens is 6. The molecule has 1 aliphatic heterocycles. The quantitative estimate of drug-likeness (QED) is 0.407. The highest BCUT2D eigenvalue weighted by Crippen LogP contribution is 2.30. The number of pyridine rings is 1. The molecule has 1 saturated heterocycles. The van der Waals surface area contributed by atoms with Crippen LogP contribution < -0.4 is 11.1 Å². The van der Waals surface area contributed by atoms with Crippen LogP contribution in [0.15, 0.2) is 30.7 Å². The van der Waals surface area contributed by atoms with Gasteiger partial charge >= 0.3 is 0 Å². The molecule has 0 bridgehead atoms. The summed E-state index contributed by atoms with van der Waals surface area (Å²) >= 11 is 0. The Morgan fingerprint density at radius 1 is 1.25 bits per heavy atom. The monoisotopic (exact) mass is 507 g/mol. The van der Waals surface area contributed by atoms with E-state index in [2.05, 4.69) is 25.4 Å². The number of carbonyl (C=O) groups excluding carboxylic acids is 1. The minimum Gasteiger partial charge on any atom is -0.371 e. The number of alkyl halides is 4. The van der Waals surface area contributed by atoms with Crippen LogP contribution in [-0.2, 0) is 11.3 Å². The number of hydrogen-bond donors (Lipinski definition) is 2. The maximum atomic E-state index is 12.7. The van der Waals surface area contributed by atoms with E-state index in [1.54, 1.807) is 29.9 Å². The van der Waals surface area contributed by atoms with Crippen molar-refractivity contribution >= 4 is 34.4 Å². The second kappa shape index (κ2) is 9.95. The van der Waals surface area contributed by atoms with Gasteiger partial charge in [0.1, 0.15) is 11.0 Å². The molecule has 1 fully saturated rings. The molecule has 0 atom stereocenters. The van der Waals surface area contributed by atoms with E-state index in [4.69, 9.17) is 5.73 Å². The highest BCUT2D eigenvalue weighted by atomic mass is 19.3. The molecular formula is C22H25F4N9O. The summed E-state index contributed by atoms with van der Waals surface area (Å²) in [4.78, 5) is 24.7. The van der Waals surface area contributed by atoms with Gasteiger partial charge in [-0.1, -0.05) is 0 Å². The average molecular weight is 507 g/mol. The topological polar surface area (TPSA) is 119 Å². The lowest BCUT2D eigenvalue weighted by Gasteiger charge is -2.31. The van der Waals surface area contributed by atoms with Crippen molar-refractivity contribution in [2.45, 2.75) is 38.7 Å². The van der Waals surface area contributed by atoms with Gasteiger partial charge in [0.15, 0.2) is 11.5 Å². The molecule has 1 amide bonds. The maximum absolute atomic E-state index is 12.7. The number of likely N-dealkylation sites (tertiary alicyclic amines) is 1. The normalized spacial score (nSPS) is 15.2. The predicted octanol–water partition coefficient (Wildman–Crippen LogP) is 3.29. The summed E-state index contributed by atoms with van der Waals surface area (Å²) in [6, 6.07) is 5.36. The van der Waals surface area contributed by atoms with Gasteiger partial charge in [0.05, 0.1) is 25.1 Å². The number of carbonyl (C=O) groups is 1. The van der Waals surface area contributed by atoms with Crippen molar-refractivity contribution in [2.24, 2.45) is 0 Å². The zero-order chi connectivity index (χ0) is 26.0. The number of nitrogens with zero attached hydrogens (tertiary/aromatic N) is 7. The van der Waals surface area contributed by atoms with Gasteiger partial charge in [-0.15, -0.1) is 5.10 Å². The predicted molar refractivity (Wildman–Crippen MR) is 126 cm³/mol. The van der Waals surface area contributed by atoms with Crippen LogP contribution in [0.3, 0.4) is 0 Å². The fourth-order valence-corrected chi connectivity index (χ4v) is 4.03. The smallest absolute Gasteiger partial charge is 0.265 e. The first kappa shape index (κ1) is 25.1. The third-order valence-electron chi connectivity index (χ3n) is 5.68. The third-order valence-corrected chi connectivity index (χ3v) is 5.68.